The Labute approximate surface area is 163 Å². The van der Waals surface area contributed by atoms with E-state index >= 15 is 0 Å². The maximum absolute atomic E-state index is 12.9. The minimum atomic E-state index is -0.0285. The molecule has 1 saturated heterocycles. The number of aromatic nitrogens is 5. The lowest BCUT2D eigenvalue weighted by Crippen LogP contribution is -2.43. The van der Waals surface area contributed by atoms with Crippen LogP contribution in [0.2, 0.25) is 0 Å². The predicted molar refractivity (Wildman–Crippen MR) is 105 cm³/mol. The zero-order valence-corrected chi connectivity index (χ0v) is 15.8. The summed E-state index contributed by atoms with van der Waals surface area (Å²) >= 11 is 0. The van der Waals surface area contributed by atoms with Crippen LogP contribution in [-0.2, 0) is 11.3 Å². The van der Waals surface area contributed by atoms with Gasteiger partial charge in [-0.15, -0.1) is 10.2 Å². The molecule has 1 fully saturated rings. The van der Waals surface area contributed by atoms with E-state index in [9.17, 15) is 4.79 Å². The Kier molecular flexibility index (Phi) is 5.27. The van der Waals surface area contributed by atoms with Crippen molar-refractivity contribution in [1.29, 1.82) is 0 Å². The number of carbonyl (C=O) groups is 1. The molecule has 1 aromatic carbocycles. The number of anilines is 1. The van der Waals surface area contributed by atoms with Gasteiger partial charge in [0.2, 0.25) is 5.91 Å². The molecular formula is C20H23N7O. The standard InChI is InChI=1S/C20H23N7O/c1-25(12-16-6-3-2-4-7-16)20(28)17-8-5-11-26(13-17)18-9-10-19(24-23-18)27-15-21-14-22-27/h2-4,6-7,9-10,14-15,17H,5,8,11-13H2,1H3. The van der Waals surface area contributed by atoms with Crippen molar-refractivity contribution < 1.29 is 4.79 Å². The Morgan fingerprint density at radius 1 is 1.14 bits per heavy atom. The third kappa shape index (κ3) is 4.00. The van der Waals surface area contributed by atoms with E-state index in [2.05, 4.69) is 25.2 Å². The van der Waals surface area contributed by atoms with Crippen LogP contribution in [-0.4, -0.2) is 55.9 Å². The Morgan fingerprint density at radius 2 is 1.93 bits per heavy atom. The van der Waals surface area contributed by atoms with Gasteiger partial charge in [-0.25, -0.2) is 9.67 Å². The van der Waals surface area contributed by atoms with Crippen molar-refractivity contribution in [3.63, 3.8) is 0 Å². The maximum atomic E-state index is 12.9. The van der Waals surface area contributed by atoms with E-state index < -0.39 is 0 Å². The van der Waals surface area contributed by atoms with Crippen molar-refractivity contribution in [2.24, 2.45) is 5.92 Å². The van der Waals surface area contributed by atoms with Gasteiger partial charge in [0.1, 0.15) is 12.7 Å². The lowest BCUT2D eigenvalue weighted by Gasteiger charge is -2.34. The van der Waals surface area contributed by atoms with Crippen molar-refractivity contribution in [2.75, 3.05) is 25.0 Å². The first kappa shape index (κ1) is 18.1. The smallest absolute Gasteiger partial charge is 0.227 e. The highest BCUT2D eigenvalue weighted by molar-refractivity contribution is 5.79. The van der Waals surface area contributed by atoms with E-state index in [1.165, 1.54) is 6.33 Å². The third-order valence-electron chi connectivity index (χ3n) is 5.02. The van der Waals surface area contributed by atoms with Crippen LogP contribution in [0.5, 0.6) is 0 Å². The molecule has 0 radical (unpaired) electrons. The van der Waals surface area contributed by atoms with Crippen LogP contribution in [0.15, 0.2) is 55.1 Å². The molecule has 0 saturated carbocycles. The molecule has 1 aliphatic rings. The Hall–Kier alpha value is -3.29. The van der Waals surface area contributed by atoms with Gasteiger partial charge in [0.05, 0.1) is 5.92 Å². The highest BCUT2D eigenvalue weighted by Gasteiger charge is 2.28. The molecule has 3 heterocycles. The molecule has 0 aliphatic carbocycles. The predicted octanol–water partition coefficient (Wildman–Crippen LogP) is 1.93. The zero-order chi connectivity index (χ0) is 19.3. The Balaban J connectivity index is 1.40. The second kappa shape index (κ2) is 8.16. The summed E-state index contributed by atoms with van der Waals surface area (Å²) in [6, 6.07) is 13.9. The number of hydrogen-bond acceptors (Lipinski definition) is 6. The molecule has 0 bridgehead atoms. The van der Waals surface area contributed by atoms with Gasteiger partial charge in [-0.3, -0.25) is 4.79 Å². The van der Waals surface area contributed by atoms with Gasteiger partial charge in [0.25, 0.3) is 0 Å². The third-order valence-corrected chi connectivity index (χ3v) is 5.02. The molecule has 1 atom stereocenters. The number of carbonyl (C=O) groups excluding carboxylic acids is 1. The minimum Gasteiger partial charge on any atom is -0.354 e. The van der Waals surface area contributed by atoms with Crippen molar-refractivity contribution in [1.82, 2.24) is 29.9 Å². The van der Waals surface area contributed by atoms with E-state index in [0.717, 1.165) is 30.8 Å². The van der Waals surface area contributed by atoms with Crippen LogP contribution in [0.1, 0.15) is 18.4 Å². The molecular weight excluding hydrogens is 354 g/mol. The number of piperidine rings is 1. The highest BCUT2D eigenvalue weighted by atomic mass is 16.2. The van der Waals surface area contributed by atoms with Gasteiger partial charge >= 0.3 is 0 Å². The number of amides is 1. The molecule has 4 rings (SSSR count). The number of nitrogens with zero attached hydrogens (tertiary/aromatic N) is 7. The van der Waals surface area contributed by atoms with Gasteiger partial charge in [-0.2, -0.15) is 5.10 Å². The molecule has 2 aromatic heterocycles. The quantitative estimate of drug-likeness (QED) is 0.676. The minimum absolute atomic E-state index is 0.0285. The summed E-state index contributed by atoms with van der Waals surface area (Å²) in [5.74, 6) is 1.56. The van der Waals surface area contributed by atoms with Crippen LogP contribution >= 0.6 is 0 Å². The SMILES string of the molecule is CN(Cc1ccccc1)C(=O)C1CCCN(c2ccc(-n3cncn3)nn2)C1. The Morgan fingerprint density at radius 3 is 2.64 bits per heavy atom. The first-order chi connectivity index (χ1) is 13.7. The molecule has 144 valence electrons. The second-order valence-electron chi connectivity index (χ2n) is 7.05. The topological polar surface area (TPSA) is 80.0 Å². The zero-order valence-electron chi connectivity index (χ0n) is 15.8. The molecule has 0 N–H and O–H groups in total. The summed E-state index contributed by atoms with van der Waals surface area (Å²) in [7, 11) is 1.88. The summed E-state index contributed by atoms with van der Waals surface area (Å²) < 4.78 is 1.57. The second-order valence-corrected chi connectivity index (χ2v) is 7.05. The van der Waals surface area contributed by atoms with Gasteiger partial charge in [0, 0.05) is 26.7 Å². The van der Waals surface area contributed by atoms with E-state index in [1.807, 2.05) is 54.4 Å². The fourth-order valence-corrected chi connectivity index (χ4v) is 3.57. The summed E-state index contributed by atoms with van der Waals surface area (Å²) in [6.07, 6.45) is 4.91. The summed E-state index contributed by atoms with van der Waals surface area (Å²) in [5.41, 5.74) is 1.14. The Bertz CT molecular complexity index is 896. The summed E-state index contributed by atoms with van der Waals surface area (Å²) in [4.78, 5) is 20.8. The average Bonchev–Trinajstić information content (AvgIpc) is 3.29. The van der Waals surface area contributed by atoms with Crippen molar-refractivity contribution in [3.8, 4) is 5.82 Å². The van der Waals surface area contributed by atoms with Crippen LogP contribution in [0.3, 0.4) is 0 Å². The van der Waals surface area contributed by atoms with Crippen LogP contribution in [0.4, 0.5) is 5.82 Å². The van der Waals surface area contributed by atoms with Crippen LogP contribution < -0.4 is 4.90 Å². The normalized spacial score (nSPS) is 16.8. The van der Waals surface area contributed by atoms with Gasteiger partial charge in [-0.05, 0) is 30.5 Å². The molecule has 28 heavy (non-hydrogen) atoms. The molecule has 8 nitrogen and oxygen atoms in total. The van der Waals surface area contributed by atoms with Gasteiger partial charge in [-0.1, -0.05) is 30.3 Å². The monoisotopic (exact) mass is 377 g/mol. The fourth-order valence-electron chi connectivity index (χ4n) is 3.57. The molecule has 1 amide bonds. The maximum Gasteiger partial charge on any atom is 0.227 e. The average molecular weight is 377 g/mol. The lowest BCUT2D eigenvalue weighted by molar-refractivity contribution is -0.135. The van der Waals surface area contributed by atoms with Crippen molar-refractivity contribution in [3.05, 3.63) is 60.7 Å². The number of hydrogen-bond donors (Lipinski definition) is 0. The fraction of sp³-hybridized carbons (Fsp3) is 0.350. The van der Waals surface area contributed by atoms with Gasteiger partial charge < -0.3 is 9.80 Å². The van der Waals surface area contributed by atoms with Crippen LogP contribution in [0, 0.1) is 5.92 Å². The molecule has 3 aromatic rings. The first-order valence-corrected chi connectivity index (χ1v) is 9.43. The molecule has 0 spiro atoms. The van der Waals surface area contributed by atoms with E-state index in [1.54, 1.807) is 11.0 Å². The highest BCUT2D eigenvalue weighted by Crippen LogP contribution is 2.23. The van der Waals surface area contributed by atoms with E-state index in [4.69, 9.17) is 0 Å². The number of benzene rings is 1. The van der Waals surface area contributed by atoms with Crippen molar-refractivity contribution >= 4 is 11.7 Å². The van der Waals surface area contributed by atoms with Crippen molar-refractivity contribution in [2.45, 2.75) is 19.4 Å². The lowest BCUT2D eigenvalue weighted by atomic mass is 9.96. The molecule has 1 unspecified atom stereocenters. The first-order valence-electron chi connectivity index (χ1n) is 9.43. The molecule has 1 aliphatic heterocycles. The summed E-state index contributed by atoms with van der Waals surface area (Å²) in [5, 5.41) is 12.6. The van der Waals surface area contributed by atoms with E-state index in [0.29, 0.717) is 18.9 Å². The van der Waals surface area contributed by atoms with Gasteiger partial charge in [0.15, 0.2) is 11.6 Å². The summed E-state index contributed by atoms with van der Waals surface area (Å²) in [6.45, 7) is 2.17. The van der Waals surface area contributed by atoms with Crippen LogP contribution in [0.25, 0.3) is 5.82 Å². The van der Waals surface area contributed by atoms with E-state index in [-0.39, 0.29) is 11.8 Å². The number of rotatable bonds is 5. The largest absolute Gasteiger partial charge is 0.354 e. The molecule has 8 heteroatoms.